The van der Waals surface area contributed by atoms with Gasteiger partial charge < -0.3 is 9.47 Å². The number of nitrogens with zero attached hydrogens (tertiary/aromatic N) is 1. The van der Waals surface area contributed by atoms with Crippen LogP contribution in [0.15, 0.2) is 42.5 Å². The Kier molecular flexibility index (Phi) is 3.88. The number of benzene rings is 2. The lowest BCUT2D eigenvalue weighted by Gasteiger charge is -2.32. The number of para-hydroxylation sites is 1. The van der Waals surface area contributed by atoms with E-state index in [9.17, 15) is 9.59 Å². The van der Waals surface area contributed by atoms with E-state index < -0.39 is 17.5 Å². The van der Waals surface area contributed by atoms with Crippen LogP contribution in [0, 0.1) is 0 Å². The number of carbonyl (C=O) groups excluding carboxylic acids is 2. The molecule has 0 radical (unpaired) electrons. The lowest BCUT2D eigenvalue weighted by Crippen LogP contribution is -2.48. The van der Waals surface area contributed by atoms with Crippen molar-refractivity contribution >= 4 is 38.6 Å². The van der Waals surface area contributed by atoms with Crippen molar-refractivity contribution < 1.29 is 19.1 Å². The molecule has 0 aliphatic carbocycles. The Hall–Kier alpha value is -2.93. The first kappa shape index (κ1) is 16.5. The van der Waals surface area contributed by atoms with Crippen molar-refractivity contribution in [3.05, 3.63) is 53.6 Å². The number of hydrogen-bond donors (Lipinski definition) is 1. The highest BCUT2D eigenvalue weighted by Crippen LogP contribution is 2.34. The van der Waals surface area contributed by atoms with Crippen LogP contribution < -0.4 is 10.1 Å². The van der Waals surface area contributed by atoms with E-state index in [0.717, 1.165) is 10.3 Å². The summed E-state index contributed by atoms with van der Waals surface area (Å²) in [7, 11) is 1.58. The first-order valence-corrected chi connectivity index (χ1v) is 8.88. The van der Waals surface area contributed by atoms with E-state index in [-0.39, 0.29) is 0 Å². The summed E-state index contributed by atoms with van der Waals surface area (Å²) in [6.07, 6.45) is 0.314. The number of rotatable bonds is 3. The molecule has 2 aromatic carbocycles. The van der Waals surface area contributed by atoms with Gasteiger partial charge in [-0.05, 0) is 30.7 Å². The van der Waals surface area contributed by atoms with Crippen LogP contribution >= 0.6 is 11.3 Å². The van der Waals surface area contributed by atoms with Crippen LogP contribution in [0.2, 0.25) is 0 Å². The highest BCUT2D eigenvalue weighted by Gasteiger charge is 2.42. The number of anilines is 1. The van der Waals surface area contributed by atoms with Crippen molar-refractivity contribution in [3.63, 3.8) is 0 Å². The molecule has 7 heteroatoms. The highest BCUT2D eigenvalue weighted by atomic mass is 32.1. The standard InChI is InChI=1S/C19H16N2O4S/c1-19(10-11-6-3-4-7-12(11)16(22)25-19)17(23)21-18-20-15-13(24-2)8-5-9-14(15)26-18/h3-9H,10H2,1-2H3,(H,20,21,23). The quantitative estimate of drug-likeness (QED) is 0.717. The number of cyclic esters (lactones) is 1. The van der Waals surface area contributed by atoms with Crippen LogP contribution in [0.3, 0.4) is 0 Å². The van der Waals surface area contributed by atoms with Crippen molar-refractivity contribution in [3.8, 4) is 5.75 Å². The molecule has 1 unspecified atom stereocenters. The van der Waals surface area contributed by atoms with Crippen molar-refractivity contribution in [2.45, 2.75) is 18.9 Å². The molecule has 0 fully saturated rings. The van der Waals surface area contributed by atoms with Gasteiger partial charge in [-0.25, -0.2) is 9.78 Å². The number of carbonyl (C=O) groups is 2. The SMILES string of the molecule is COc1cccc2sc(NC(=O)C3(C)Cc4ccccc4C(=O)O3)nc12. The summed E-state index contributed by atoms with van der Waals surface area (Å²) in [5.74, 6) is -0.252. The van der Waals surface area contributed by atoms with E-state index in [0.29, 0.717) is 28.4 Å². The van der Waals surface area contributed by atoms with Gasteiger partial charge in [-0.2, -0.15) is 0 Å². The zero-order valence-corrected chi connectivity index (χ0v) is 15.1. The van der Waals surface area contributed by atoms with Crippen molar-refractivity contribution in [1.29, 1.82) is 0 Å². The lowest BCUT2D eigenvalue weighted by atomic mass is 9.89. The molecule has 1 aliphatic heterocycles. The molecule has 1 aromatic heterocycles. The molecule has 4 rings (SSSR count). The zero-order chi connectivity index (χ0) is 18.3. The Balaban J connectivity index is 1.61. The fourth-order valence-corrected chi connectivity index (χ4v) is 3.91. The molecule has 0 saturated carbocycles. The third-order valence-corrected chi connectivity index (χ3v) is 5.32. The lowest BCUT2D eigenvalue weighted by molar-refractivity contribution is -0.134. The van der Waals surface area contributed by atoms with Gasteiger partial charge in [0.25, 0.3) is 5.91 Å². The first-order chi connectivity index (χ1) is 12.5. The number of aromatic nitrogens is 1. The number of hydrogen-bond acceptors (Lipinski definition) is 6. The molecule has 6 nitrogen and oxygen atoms in total. The summed E-state index contributed by atoms with van der Waals surface area (Å²) in [6.45, 7) is 1.62. The summed E-state index contributed by atoms with van der Waals surface area (Å²) in [5.41, 5.74) is 0.703. The fourth-order valence-electron chi connectivity index (χ4n) is 3.03. The summed E-state index contributed by atoms with van der Waals surface area (Å²) in [5, 5.41) is 3.22. The first-order valence-electron chi connectivity index (χ1n) is 8.06. The summed E-state index contributed by atoms with van der Waals surface area (Å²) < 4.78 is 11.7. The molecule has 1 aliphatic rings. The molecular weight excluding hydrogens is 352 g/mol. The molecule has 0 bridgehead atoms. The van der Waals surface area contributed by atoms with Gasteiger partial charge in [-0.3, -0.25) is 10.1 Å². The predicted molar refractivity (Wildman–Crippen MR) is 98.8 cm³/mol. The molecular formula is C19H16N2O4S. The smallest absolute Gasteiger partial charge is 0.339 e. The van der Waals surface area contributed by atoms with Crippen LogP contribution in [-0.2, 0) is 16.0 Å². The maximum atomic E-state index is 12.8. The number of methoxy groups -OCH3 is 1. The van der Waals surface area contributed by atoms with Gasteiger partial charge in [-0.1, -0.05) is 35.6 Å². The van der Waals surface area contributed by atoms with Crippen LogP contribution in [0.5, 0.6) is 5.75 Å². The Bertz CT molecular complexity index is 1030. The van der Waals surface area contributed by atoms with Crippen LogP contribution in [0.25, 0.3) is 10.2 Å². The van der Waals surface area contributed by atoms with Gasteiger partial charge in [0.15, 0.2) is 10.7 Å². The molecule has 2 heterocycles. The average Bonchev–Trinajstić information content (AvgIpc) is 3.04. The molecule has 0 saturated heterocycles. The van der Waals surface area contributed by atoms with E-state index in [1.807, 2.05) is 30.3 Å². The second-order valence-corrected chi connectivity index (χ2v) is 7.27. The van der Waals surface area contributed by atoms with Crippen molar-refractivity contribution in [2.75, 3.05) is 12.4 Å². The summed E-state index contributed by atoms with van der Waals surface area (Å²) in [4.78, 5) is 29.5. The molecule has 3 aromatic rings. The molecule has 1 atom stereocenters. The van der Waals surface area contributed by atoms with Gasteiger partial charge in [0, 0.05) is 6.42 Å². The zero-order valence-electron chi connectivity index (χ0n) is 14.2. The molecule has 132 valence electrons. The Morgan fingerprint density at radius 3 is 2.88 bits per heavy atom. The van der Waals surface area contributed by atoms with Gasteiger partial charge in [-0.15, -0.1) is 0 Å². The average molecular weight is 368 g/mol. The van der Waals surface area contributed by atoms with Crippen molar-refractivity contribution in [2.24, 2.45) is 0 Å². The Labute approximate surface area is 153 Å². The second kappa shape index (κ2) is 6.10. The number of ether oxygens (including phenoxy) is 2. The summed E-state index contributed by atoms with van der Waals surface area (Å²) in [6, 6.07) is 12.7. The summed E-state index contributed by atoms with van der Waals surface area (Å²) >= 11 is 1.34. The minimum absolute atomic E-state index is 0.314. The van der Waals surface area contributed by atoms with E-state index in [4.69, 9.17) is 9.47 Å². The number of fused-ring (bicyclic) bond motifs is 2. The van der Waals surface area contributed by atoms with E-state index in [1.165, 1.54) is 11.3 Å². The number of amides is 1. The second-order valence-electron chi connectivity index (χ2n) is 6.23. The molecule has 0 spiro atoms. The fraction of sp³-hybridized carbons (Fsp3) is 0.211. The Morgan fingerprint density at radius 1 is 1.27 bits per heavy atom. The number of nitrogens with one attached hydrogen (secondary N) is 1. The van der Waals surface area contributed by atoms with E-state index >= 15 is 0 Å². The van der Waals surface area contributed by atoms with Gasteiger partial charge in [0.2, 0.25) is 0 Å². The monoisotopic (exact) mass is 368 g/mol. The predicted octanol–water partition coefficient (Wildman–Crippen LogP) is 3.42. The highest BCUT2D eigenvalue weighted by molar-refractivity contribution is 7.22. The molecule has 1 amide bonds. The topological polar surface area (TPSA) is 77.5 Å². The Morgan fingerprint density at radius 2 is 2.08 bits per heavy atom. The van der Waals surface area contributed by atoms with Gasteiger partial charge in [0.05, 0.1) is 17.4 Å². The molecule has 26 heavy (non-hydrogen) atoms. The van der Waals surface area contributed by atoms with Crippen LogP contribution in [0.1, 0.15) is 22.8 Å². The van der Waals surface area contributed by atoms with E-state index in [2.05, 4.69) is 10.3 Å². The maximum Gasteiger partial charge on any atom is 0.339 e. The molecule has 1 N–H and O–H groups in total. The van der Waals surface area contributed by atoms with Gasteiger partial charge >= 0.3 is 5.97 Å². The largest absolute Gasteiger partial charge is 0.494 e. The van der Waals surface area contributed by atoms with E-state index in [1.54, 1.807) is 26.2 Å². The maximum absolute atomic E-state index is 12.8. The van der Waals surface area contributed by atoms with Crippen LogP contribution in [-0.4, -0.2) is 29.6 Å². The third-order valence-electron chi connectivity index (χ3n) is 4.39. The minimum atomic E-state index is -1.28. The third kappa shape index (κ3) is 2.70. The van der Waals surface area contributed by atoms with Crippen LogP contribution in [0.4, 0.5) is 5.13 Å². The van der Waals surface area contributed by atoms with Gasteiger partial charge in [0.1, 0.15) is 11.3 Å². The number of thiazole rings is 1. The number of esters is 1. The normalized spacial score (nSPS) is 18.9. The minimum Gasteiger partial charge on any atom is -0.494 e. The van der Waals surface area contributed by atoms with Crippen molar-refractivity contribution in [1.82, 2.24) is 4.98 Å².